The monoisotopic (exact) mass is 250 g/mol. The molecule has 0 saturated carbocycles. The quantitative estimate of drug-likeness (QED) is 0.821. The Kier molecular flexibility index (Phi) is 4.75. The van der Waals surface area contributed by atoms with Crippen molar-refractivity contribution < 1.29 is 4.79 Å². The molecule has 1 aromatic rings. The summed E-state index contributed by atoms with van der Waals surface area (Å²) in [6.07, 6.45) is 8.00. The molecule has 0 aromatic carbocycles. The lowest BCUT2D eigenvalue weighted by Gasteiger charge is -2.15. The molecule has 2 heterocycles. The number of hydrogen-bond donors (Lipinski definition) is 2. The smallest absolute Gasteiger partial charge is 0.237 e. The van der Waals surface area contributed by atoms with Gasteiger partial charge in [-0.25, -0.2) is 4.98 Å². The highest BCUT2D eigenvalue weighted by Crippen LogP contribution is 2.07. The zero-order chi connectivity index (χ0) is 12.8. The van der Waals surface area contributed by atoms with Gasteiger partial charge in [-0.2, -0.15) is 0 Å². The molecule has 2 rings (SSSR count). The Bertz CT molecular complexity index is 388. The number of nitrogens with zero attached hydrogens (tertiary/aromatic N) is 2. The van der Waals surface area contributed by atoms with Gasteiger partial charge >= 0.3 is 0 Å². The highest BCUT2D eigenvalue weighted by atomic mass is 16.2. The van der Waals surface area contributed by atoms with Crippen molar-refractivity contribution in [1.29, 1.82) is 0 Å². The van der Waals surface area contributed by atoms with E-state index in [0.29, 0.717) is 6.54 Å². The first kappa shape index (κ1) is 13.1. The standard InChI is InChI=1S/C13H22N4O/c1-2-8-17-9-7-14-12(17)10-16-11-5-3-4-6-15-13(11)18/h7,9,11,16H,2-6,8,10H2,1H3,(H,15,18). The average Bonchev–Trinajstić information content (AvgIpc) is 2.70. The van der Waals surface area contributed by atoms with Gasteiger partial charge in [-0.15, -0.1) is 0 Å². The fourth-order valence-corrected chi connectivity index (χ4v) is 2.30. The molecule has 2 N–H and O–H groups in total. The van der Waals surface area contributed by atoms with Gasteiger partial charge in [-0.05, 0) is 25.7 Å². The van der Waals surface area contributed by atoms with Gasteiger partial charge in [-0.3, -0.25) is 10.1 Å². The van der Waals surface area contributed by atoms with Crippen molar-refractivity contribution in [3.63, 3.8) is 0 Å². The van der Waals surface area contributed by atoms with E-state index in [-0.39, 0.29) is 11.9 Å². The summed E-state index contributed by atoms with van der Waals surface area (Å²) in [5.41, 5.74) is 0. The van der Waals surface area contributed by atoms with E-state index in [1.165, 1.54) is 0 Å². The van der Waals surface area contributed by atoms with Crippen LogP contribution in [0.5, 0.6) is 0 Å². The highest BCUT2D eigenvalue weighted by Gasteiger charge is 2.20. The lowest BCUT2D eigenvalue weighted by atomic mass is 10.1. The number of rotatable bonds is 5. The summed E-state index contributed by atoms with van der Waals surface area (Å²) >= 11 is 0. The molecular formula is C13H22N4O. The zero-order valence-corrected chi connectivity index (χ0v) is 11.0. The fraction of sp³-hybridized carbons (Fsp3) is 0.692. The van der Waals surface area contributed by atoms with E-state index in [1.54, 1.807) is 0 Å². The van der Waals surface area contributed by atoms with Crippen molar-refractivity contribution in [2.45, 2.75) is 51.7 Å². The predicted molar refractivity (Wildman–Crippen MR) is 70.0 cm³/mol. The summed E-state index contributed by atoms with van der Waals surface area (Å²) in [4.78, 5) is 16.1. The van der Waals surface area contributed by atoms with Crippen LogP contribution in [0.15, 0.2) is 12.4 Å². The van der Waals surface area contributed by atoms with Crippen LogP contribution in [-0.2, 0) is 17.9 Å². The van der Waals surface area contributed by atoms with E-state index < -0.39 is 0 Å². The number of carbonyl (C=O) groups excluding carboxylic acids is 1. The SMILES string of the molecule is CCCn1ccnc1CNC1CCCCNC1=O. The van der Waals surface area contributed by atoms with Gasteiger partial charge in [0.1, 0.15) is 5.82 Å². The van der Waals surface area contributed by atoms with Crippen molar-refractivity contribution in [3.05, 3.63) is 18.2 Å². The van der Waals surface area contributed by atoms with Crippen LogP contribution in [0, 0.1) is 0 Å². The summed E-state index contributed by atoms with van der Waals surface area (Å²) in [5, 5.41) is 6.25. The number of aromatic nitrogens is 2. The molecule has 1 saturated heterocycles. The molecule has 5 nitrogen and oxygen atoms in total. The van der Waals surface area contributed by atoms with Crippen LogP contribution in [0.25, 0.3) is 0 Å². The first-order valence-corrected chi connectivity index (χ1v) is 6.82. The Morgan fingerprint density at radius 3 is 3.28 bits per heavy atom. The lowest BCUT2D eigenvalue weighted by Crippen LogP contribution is -2.42. The molecule has 1 amide bonds. The predicted octanol–water partition coefficient (Wildman–Crippen LogP) is 1.05. The molecule has 1 aromatic heterocycles. The van der Waals surface area contributed by atoms with Crippen LogP contribution in [0.2, 0.25) is 0 Å². The molecule has 0 radical (unpaired) electrons. The molecule has 100 valence electrons. The molecule has 1 unspecified atom stereocenters. The third kappa shape index (κ3) is 3.32. The maximum atomic E-state index is 11.8. The van der Waals surface area contributed by atoms with Gasteiger partial charge in [0.2, 0.25) is 5.91 Å². The molecule has 1 aliphatic rings. The van der Waals surface area contributed by atoms with Crippen molar-refractivity contribution in [2.24, 2.45) is 0 Å². The Morgan fingerprint density at radius 2 is 2.44 bits per heavy atom. The molecule has 0 aliphatic carbocycles. The summed E-state index contributed by atoms with van der Waals surface area (Å²) < 4.78 is 2.14. The summed E-state index contributed by atoms with van der Waals surface area (Å²) in [7, 11) is 0. The van der Waals surface area contributed by atoms with Gasteiger partial charge in [0.15, 0.2) is 0 Å². The first-order valence-electron chi connectivity index (χ1n) is 6.82. The minimum absolute atomic E-state index is 0.0701. The van der Waals surface area contributed by atoms with Crippen LogP contribution in [0.4, 0.5) is 0 Å². The third-order valence-corrected chi connectivity index (χ3v) is 3.31. The average molecular weight is 250 g/mol. The van der Waals surface area contributed by atoms with Crippen molar-refractivity contribution in [1.82, 2.24) is 20.2 Å². The minimum Gasteiger partial charge on any atom is -0.355 e. The lowest BCUT2D eigenvalue weighted by molar-refractivity contribution is -0.122. The number of amides is 1. The van der Waals surface area contributed by atoms with Crippen LogP contribution < -0.4 is 10.6 Å². The Balaban J connectivity index is 1.89. The maximum absolute atomic E-state index is 11.8. The highest BCUT2D eigenvalue weighted by molar-refractivity contribution is 5.81. The fourth-order valence-electron chi connectivity index (χ4n) is 2.30. The number of nitrogens with one attached hydrogen (secondary N) is 2. The van der Waals surface area contributed by atoms with Crippen LogP contribution >= 0.6 is 0 Å². The largest absolute Gasteiger partial charge is 0.355 e. The molecule has 18 heavy (non-hydrogen) atoms. The Morgan fingerprint density at radius 1 is 1.56 bits per heavy atom. The van der Waals surface area contributed by atoms with E-state index in [2.05, 4.69) is 27.1 Å². The zero-order valence-electron chi connectivity index (χ0n) is 11.0. The summed E-state index contributed by atoms with van der Waals surface area (Å²) in [6.45, 7) is 4.59. The molecule has 1 atom stereocenters. The number of imidazole rings is 1. The molecule has 0 bridgehead atoms. The second-order valence-electron chi connectivity index (χ2n) is 4.76. The molecular weight excluding hydrogens is 228 g/mol. The molecule has 5 heteroatoms. The van der Waals surface area contributed by atoms with Gasteiger partial charge < -0.3 is 9.88 Å². The molecule has 1 aliphatic heterocycles. The van der Waals surface area contributed by atoms with Gasteiger partial charge in [0.25, 0.3) is 0 Å². The minimum atomic E-state index is -0.0701. The maximum Gasteiger partial charge on any atom is 0.237 e. The van der Waals surface area contributed by atoms with E-state index in [9.17, 15) is 4.79 Å². The normalized spacial score (nSPS) is 20.5. The topological polar surface area (TPSA) is 59.0 Å². The second kappa shape index (κ2) is 6.54. The van der Waals surface area contributed by atoms with Gasteiger partial charge in [0.05, 0.1) is 12.6 Å². The first-order chi connectivity index (χ1) is 8.81. The number of aryl methyl sites for hydroxylation is 1. The molecule has 1 fully saturated rings. The van der Waals surface area contributed by atoms with Crippen molar-refractivity contribution >= 4 is 5.91 Å². The van der Waals surface area contributed by atoms with Crippen LogP contribution in [-0.4, -0.2) is 28.0 Å². The number of carbonyl (C=O) groups is 1. The Labute approximate surface area is 108 Å². The third-order valence-electron chi connectivity index (χ3n) is 3.31. The van der Waals surface area contributed by atoms with E-state index in [1.807, 2.05) is 12.4 Å². The van der Waals surface area contributed by atoms with Gasteiger partial charge in [0, 0.05) is 25.5 Å². The van der Waals surface area contributed by atoms with Crippen LogP contribution in [0.3, 0.4) is 0 Å². The van der Waals surface area contributed by atoms with E-state index >= 15 is 0 Å². The number of hydrogen-bond acceptors (Lipinski definition) is 3. The van der Waals surface area contributed by atoms with Crippen molar-refractivity contribution in [2.75, 3.05) is 6.54 Å². The second-order valence-corrected chi connectivity index (χ2v) is 4.76. The Hall–Kier alpha value is -1.36. The van der Waals surface area contributed by atoms with E-state index in [0.717, 1.165) is 44.6 Å². The van der Waals surface area contributed by atoms with E-state index in [4.69, 9.17) is 0 Å². The summed E-state index contributed by atoms with van der Waals surface area (Å²) in [6, 6.07) is -0.0701. The summed E-state index contributed by atoms with van der Waals surface area (Å²) in [5.74, 6) is 1.13. The van der Waals surface area contributed by atoms with Crippen molar-refractivity contribution in [3.8, 4) is 0 Å². The van der Waals surface area contributed by atoms with Crippen LogP contribution in [0.1, 0.15) is 38.4 Å². The van der Waals surface area contributed by atoms with Gasteiger partial charge in [-0.1, -0.05) is 6.92 Å². The molecule has 0 spiro atoms.